The van der Waals surface area contributed by atoms with Crippen molar-refractivity contribution in [3.63, 3.8) is 0 Å². The van der Waals surface area contributed by atoms with Crippen molar-refractivity contribution in [3.05, 3.63) is 67.3 Å². The second-order valence-corrected chi connectivity index (χ2v) is 3.20. The number of benzene rings is 1. The average Bonchev–Trinajstić information content (AvgIpc) is 2.39. The molecule has 0 N–H and O–H groups in total. The number of rotatable bonds is 4. The van der Waals surface area contributed by atoms with E-state index in [1.54, 1.807) is 6.08 Å². The number of allylic oxidation sites excluding steroid dienone is 1. The minimum absolute atomic E-state index is 0.366. The summed E-state index contributed by atoms with van der Waals surface area (Å²) in [6.45, 7) is 10.5. The standard InChI is InChI=1S/C8H8.C7H10O2/c1-2-8-6-4-3-5-7-8;1-4-5-6(2)7(8)9-3/h2-7H,1H2;4H,1-2,5H2,3H3. The zero-order valence-electron chi connectivity index (χ0n) is 10.2. The molecule has 0 heterocycles. The van der Waals surface area contributed by atoms with Gasteiger partial charge in [-0.25, -0.2) is 4.79 Å². The molecule has 1 rings (SSSR count). The predicted molar refractivity (Wildman–Crippen MR) is 72.5 cm³/mol. The van der Waals surface area contributed by atoms with Crippen molar-refractivity contribution in [2.45, 2.75) is 6.42 Å². The van der Waals surface area contributed by atoms with Gasteiger partial charge in [-0.15, -0.1) is 6.58 Å². The first-order valence-corrected chi connectivity index (χ1v) is 5.20. The van der Waals surface area contributed by atoms with Crippen LogP contribution in [0.4, 0.5) is 0 Å². The molecule has 2 nitrogen and oxygen atoms in total. The zero-order chi connectivity index (χ0) is 13.1. The van der Waals surface area contributed by atoms with Crippen molar-refractivity contribution >= 4 is 12.0 Å². The highest BCUT2D eigenvalue weighted by atomic mass is 16.5. The highest BCUT2D eigenvalue weighted by molar-refractivity contribution is 5.87. The molecule has 0 atom stereocenters. The van der Waals surface area contributed by atoms with Crippen LogP contribution in [0, 0.1) is 0 Å². The van der Waals surface area contributed by atoms with Crippen LogP contribution in [-0.4, -0.2) is 13.1 Å². The van der Waals surface area contributed by atoms with Crippen LogP contribution in [0.5, 0.6) is 0 Å². The zero-order valence-corrected chi connectivity index (χ0v) is 10.2. The van der Waals surface area contributed by atoms with Crippen LogP contribution in [0.15, 0.2) is 61.7 Å². The highest BCUT2D eigenvalue weighted by Gasteiger charge is 2.01. The summed E-state index contributed by atoms with van der Waals surface area (Å²) in [5, 5.41) is 0. The number of ether oxygens (including phenoxy) is 1. The molecule has 1 aromatic carbocycles. The Kier molecular flexibility index (Phi) is 8.03. The summed E-state index contributed by atoms with van der Waals surface area (Å²) in [6.07, 6.45) is 3.94. The lowest BCUT2D eigenvalue weighted by Gasteiger charge is -1.96. The van der Waals surface area contributed by atoms with Crippen molar-refractivity contribution in [3.8, 4) is 0 Å². The highest BCUT2D eigenvalue weighted by Crippen LogP contribution is 1.99. The Balaban J connectivity index is 0.000000302. The third-order valence-corrected chi connectivity index (χ3v) is 1.90. The first-order valence-electron chi connectivity index (χ1n) is 5.20. The van der Waals surface area contributed by atoms with E-state index in [2.05, 4.69) is 24.5 Å². The molecule has 0 aromatic heterocycles. The Morgan fingerprint density at radius 1 is 1.29 bits per heavy atom. The number of hydrogen-bond donors (Lipinski definition) is 0. The van der Waals surface area contributed by atoms with E-state index in [1.165, 1.54) is 12.7 Å². The molecule has 17 heavy (non-hydrogen) atoms. The van der Waals surface area contributed by atoms with Crippen molar-refractivity contribution in [2.75, 3.05) is 7.11 Å². The van der Waals surface area contributed by atoms with E-state index in [0.29, 0.717) is 12.0 Å². The number of carbonyl (C=O) groups is 1. The molecule has 0 radical (unpaired) electrons. The fourth-order valence-corrected chi connectivity index (χ4v) is 0.991. The Bertz CT molecular complexity index is 377. The molecule has 0 bridgehead atoms. The van der Waals surface area contributed by atoms with Gasteiger partial charge in [0, 0.05) is 5.57 Å². The number of esters is 1. The second-order valence-electron chi connectivity index (χ2n) is 3.20. The Morgan fingerprint density at radius 3 is 2.24 bits per heavy atom. The average molecular weight is 230 g/mol. The van der Waals surface area contributed by atoms with Crippen molar-refractivity contribution in [1.82, 2.24) is 0 Å². The molecule has 0 fully saturated rings. The molecule has 90 valence electrons. The molecule has 1 aromatic rings. The van der Waals surface area contributed by atoms with E-state index in [0.717, 1.165) is 0 Å². The molecule has 0 aliphatic rings. The summed E-state index contributed by atoms with van der Waals surface area (Å²) in [5.74, 6) is -0.366. The van der Waals surface area contributed by atoms with Gasteiger partial charge in [0.2, 0.25) is 0 Å². The smallest absolute Gasteiger partial charge is 0.333 e. The largest absolute Gasteiger partial charge is 0.466 e. The summed E-state index contributed by atoms with van der Waals surface area (Å²) in [7, 11) is 1.33. The van der Waals surface area contributed by atoms with E-state index in [4.69, 9.17) is 0 Å². The second kappa shape index (κ2) is 9.16. The number of carbonyl (C=O) groups excluding carboxylic acids is 1. The topological polar surface area (TPSA) is 26.3 Å². The summed E-state index contributed by atoms with van der Waals surface area (Å²) in [6, 6.07) is 10.0. The van der Waals surface area contributed by atoms with Gasteiger partial charge in [0.1, 0.15) is 0 Å². The SMILES string of the molecule is C=CCC(=C)C(=O)OC.C=Cc1ccccc1. The van der Waals surface area contributed by atoms with Crippen LogP contribution in [0.1, 0.15) is 12.0 Å². The van der Waals surface area contributed by atoms with Gasteiger partial charge < -0.3 is 4.74 Å². The molecule has 0 aliphatic carbocycles. The molecule has 0 saturated carbocycles. The Labute approximate surface area is 103 Å². The summed E-state index contributed by atoms with van der Waals surface area (Å²) < 4.78 is 4.38. The maximum atomic E-state index is 10.5. The van der Waals surface area contributed by atoms with Gasteiger partial charge in [-0.05, 0) is 12.0 Å². The summed E-state index contributed by atoms with van der Waals surface area (Å²) in [5.41, 5.74) is 1.61. The van der Waals surface area contributed by atoms with Gasteiger partial charge in [0.15, 0.2) is 0 Å². The van der Waals surface area contributed by atoms with Crippen LogP contribution in [-0.2, 0) is 9.53 Å². The molecule has 0 unspecified atom stereocenters. The van der Waals surface area contributed by atoms with E-state index in [9.17, 15) is 4.79 Å². The summed E-state index contributed by atoms with van der Waals surface area (Å²) in [4.78, 5) is 10.5. The third-order valence-electron chi connectivity index (χ3n) is 1.90. The van der Waals surface area contributed by atoms with Gasteiger partial charge >= 0.3 is 5.97 Å². The lowest BCUT2D eigenvalue weighted by Crippen LogP contribution is -2.01. The maximum absolute atomic E-state index is 10.5. The Hall–Kier alpha value is -2.09. The van der Waals surface area contributed by atoms with Gasteiger partial charge in [-0.3, -0.25) is 0 Å². The maximum Gasteiger partial charge on any atom is 0.333 e. The summed E-state index contributed by atoms with van der Waals surface area (Å²) >= 11 is 0. The van der Waals surface area contributed by atoms with Crippen LogP contribution in [0.25, 0.3) is 6.08 Å². The van der Waals surface area contributed by atoms with Gasteiger partial charge in [0.25, 0.3) is 0 Å². The molecular weight excluding hydrogens is 212 g/mol. The van der Waals surface area contributed by atoms with E-state index in [1.807, 2.05) is 36.4 Å². The fraction of sp³-hybridized carbons (Fsp3) is 0.133. The molecule has 0 aliphatic heterocycles. The fourth-order valence-electron chi connectivity index (χ4n) is 0.991. The van der Waals surface area contributed by atoms with Gasteiger partial charge in [-0.1, -0.05) is 55.6 Å². The van der Waals surface area contributed by atoms with E-state index in [-0.39, 0.29) is 5.97 Å². The minimum Gasteiger partial charge on any atom is -0.466 e. The van der Waals surface area contributed by atoms with Crippen LogP contribution >= 0.6 is 0 Å². The van der Waals surface area contributed by atoms with E-state index < -0.39 is 0 Å². The molecule has 0 amide bonds. The quantitative estimate of drug-likeness (QED) is 0.448. The van der Waals surface area contributed by atoms with Gasteiger partial charge in [0.05, 0.1) is 7.11 Å². The monoisotopic (exact) mass is 230 g/mol. The van der Waals surface area contributed by atoms with Crippen LogP contribution < -0.4 is 0 Å². The van der Waals surface area contributed by atoms with Crippen LogP contribution in [0.3, 0.4) is 0 Å². The third kappa shape index (κ3) is 6.90. The van der Waals surface area contributed by atoms with Crippen molar-refractivity contribution < 1.29 is 9.53 Å². The minimum atomic E-state index is -0.366. The molecule has 2 heteroatoms. The first-order chi connectivity index (χ1) is 8.15. The molecule has 0 spiro atoms. The van der Waals surface area contributed by atoms with Gasteiger partial charge in [-0.2, -0.15) is 0 Å². The van der Waals surface area contributed by atoms with Crippen molar-refractivity contribution in [2.24, 2.45) is 0 Å². The Morgan fingerprint density at radius 2 is 1.88 bits per heavy atom. The number of methoxy groups -OCH3 is 1. The lowest BCUT2D eigenvalue weighted by molar-refractivity contribution is -0.136. The normalized spacial score (nSPS) is 8.29. The lowest BCUT2D eigenvalue weighted by atomic mass is 10.2. The van der Waals surface area contributed by atoms with E-state index >= 15 is 0 Å². The molecular formula is C15H18O2. The first kappa shape index (κ1) is 14.9. The number of hydrogen-bond acceptors (Lipinski definition) is 2. The van der Waals surface area contributed by atoms with Crippen molar-refractivity contribution in [1.29, 1.82) is 0 Å². The predicted octanol–water partition coefficient (Wildman–Crippen LogP) is 3.62. The molecule has 0 saturated heterocycles. The van der Waals surface area contributed by atoms with Crippen LogP contribution in [0.2, 0.25) is 0 Å².